The number of carbonyl (C=O) groups excluding carboxylic acids is 2. The molecule has 0 aliphatic rings. The highest BCUT2D eigenvalue weighted by Gasteiger charge is 2.27. The number of allylic oxidation sites excluding steroid dienone is 15. The van der Waals surface area contributed by atoms with Crippen molar-refractivity contribution < 1.29 is 37.3 Å². The van der Waals surface area contributed by atoms with Gasteiger partial charge in [-0.05, 0) is 76.7 Å². The molecule has 0 aliphatic heterocycles. The van der Waals surface area contributed by atoms with Gasteiger partial charge in [0, 0.05) is 12.8 Å². The topological polar surface area (TPSA) is 114 Å². The summed E-state index contributed by atoms with van der Waals surface area (Å²) in [5.74, 6) is -0.596. The molecule has 75 heavy (non-hydrogen) atoms. The van der Waals surface area contributed by atoms with Crippen molar-refractivity contribution in [1.29, 1.82) is 0 Å². The van der Waals surface area contributed by atoms with E-state index < -0.39 is 26.6 Å². The summed E-state index contributed by atoms with van der Waals surface area (Å²) in [5.41, 5.74) is 0. The number of phosphoric ester groups is 1. The number of unbranched alkanes of at least 4 members (excludes halogenated alkanes) is 29. The number of quaternary nitrogens is 1. The Balaban J connectivity index is 5.39. The maximum atomic E-state index is 13.5. The normalized spacial score (nSPS) is 14.4. The Kier molecular flexibility index (Phi) is 52.1. The molecule has 0 aromatic heterocycles. The molecule has 0 rings (SSSR count). The second-order valence-electron chi connectivity index (χ2n) is 21.6. The van der Waals surface area contributed by atoms with Crippen molar-refractivity contribution in [2.24, 2.45) is 0 Å². The third-order valence-corrected chi connectivity index (χ3v) is 14.1. The minimum Gasteiger partial charge on any atom is -0.756 e. The first-order valence-electron chi connectivity index (χ1n) is 30.6. The molecular weight excluding hydrogens is 952 g/mol. The molecule has 3 unspecified atom stereocenters. The molecule has 1 N–H and O–H groups in total. The monoisotopic (exact) mass is 1070 g/mol. The van der Waals surface area contributed by atoms with E-state index in [9.17, 15) is 19.0 Å². The van der Waals surface area contributed by atoms with Crippen molar-refractivity contribution in [2.45, 2.75) is 264 Å². The molecule has 3 atom stereocenters. The van der Waals surface area contributed by atoms with E-state index in [2.05, 4.69) is 50.4 Å². The van der Waals surface area contributed by atoms with Crippen molar-refractivity contribution in [3.8, 4) is 0 Å². The Hall–Kier alpha value is -3.07. The number of carbonyl (C=O) groups is 2. The molecule has 0 saturated carbocycles. The molecule has 1 amide bonds. The minimum absolute atomic E-state index is 0.0345. The summed E-state index contributed by atoms with van der Waals surface area (Å²) in [6.07, 6.45) is 72.2. The molecule has 0 bridgehead atoms. The van der Waals surface area contributed by atoms with Crippen LogP contribution in [-0.2, 0) is 27.9 Å². The van der Waals surface area contributed by atoms with Gasteiger partial charge in [0.05, 0.1) is 33.8 Å². The zero-order valence-corrected chi connectivity index (χ0v) is 50.1. The van der Waals surface area contributed by atoms with E-state index in [1.54, 1.807) is 0 Å². The lowest BCUT2D eigenvalue weighted by atomic mass is 10.0. The van der Waals surface area contributed by atoms with Gasteiger partial charge < -0.3 is 28.5 Å². The van der Waals surface area contributed by atoms with Crippen LogP contribution < -0.4 is 10.2 Å². The van der Waals surface area contributed by atoms with Crippen LogP contribution in [0.2, 0.25) is 0 Å². The van der Waals surface area contributed by atoms with E-state index in [0.29, 0.717) is 23.9 Å². The van der Waals surface area contributed by atoms with Crippen LogP contribution in [-0.4, -0.2) is 69.4 Å². The number of rotatable bonds is 54. The van der Waals surface area contributed by atoms with Gasteiger partial charge in [-0.1, -0.05) is 260 Å². The first kappa shape index (κ1) is 71.9. The number of nitrogens with zero attached hydrogens (tertiary/aromatic N) is 1. The van der Waals surface area contributed by atoms with Crippen LogP contribution >= 0.6 is 7.82 Å². The summed E-state index contributed by atoms with van der Waals surface area (Å²) in [6, 6.07) is -0.913. The fraction of sp³-hybridized carbons (Fsp3) is 0.723. The Bertz CT molecular complexity index is 1610. The van der Waals surface area contributed by atoms with Crippen LogP contribution in [0.1, 0.15) is 252 Å². The lowest BCUT2D eigenvalue weighted by molar-refractivity contribution is -0.870. The summed E-state index contributed by atoms with van der Waals surface area (Å²) in [5, 5.41) is 3.02. The number of hydrogen-bond acceptors (Lipinski definition) is 7. The highest BCUT2D eigenvalue weighted by molar-refractivity contribution is 7.45. The Morgan fingerprint density at radius 2 is 0.867 bits per heavy atom. The van der Waals surface area contributed by atoms with Gasteiger partial charge in [-0.15, -0.1) is 0 Å². The predicted molar refractivity (Wildman–Crippen MR) is 321 cm³/mol. The molecule has 10 heteroatoms. The molecule has 0 spiro atoms. The van der Waals surface area contributed by atoms with E-state index >= 15 is 0 Å². The predicted octanol–water partition coefficient (Wildman–Crippen LogP) is 18.1. The summed E-state index contributed by atoms with van der Waals surface area (Å²) in [4.78, 5) is 40.0. The van der Waals surface area contributed by atoms with Crippen LogP contribution in [0.5, 0.6) is 0 Å². The van der Waals surface area contributed by atoms with Gasteiger partial charge >= 0.3 is 5.97 Å². The highest BCUT2D eigenvalue weighted by atomic mass is 31.2. The maximum Gasteiger partial charge on any atom is 0.306 e. The quantitative estimate of drug-likeness (QED) is 0.0161. The van der Waals surface area contributed by atoms with E-state index in [1.807, 2.05) is 94.1 Å². The van der Waals surface area contributed by atoms with Crippen molar-refractivity contribution in [1.82, 2.24) is 5.32 Å². The molecule has 0 saturated heterocycles. The first-order valence-corrected chi connectivity index (χ1v) is 32.1. The summed E-state index contributed by atoms with van der Waals surface area (Å²) >= 11 is 0. The minimum atomic E-state index is -4.71. The third kappa shape index (κ3) is 55.5. The third-order valence-electron chi connectivity index (χ3n) is 13.2. The van der Waals surface area contributed by atoms with Gasteiger partial charge in [0.15, 0.2) is 0 Å². The second kappa shape index (κ2) is 54.3. The van der Waals surface area contributed by atoms with Gasteiger partial charge in [0.1, 0.15) is 19.3 Å². The molecule has 0 radical (unpaired) electrons. The molecule has 0 fully saturated rings. The Morgan fingerprint density at radius 3 is 1.33 bits per heavy atom. The zero-order chi connectivity index (χ0) is 55.0. The second-order valence-corrected chi connectivity index (χ2v) is 23.0. The first-order chi connectivity index (χ1) is 36.4. The standard InChI is InChI=1S/C65H115N2O7P/c1-7-10-13-16-19-22-25-28-30-32-33-35-36-39-42-45-48-51-54-57-64(68)66-62(61-73-75(70,71)72-60-59-67(4,5)6)63(56-53-50-47-44-41-38-27-24-21-18-15-12-9-3)74-65(69)58-55-52-49-46-43-40-37-34-31-29-26-23-20-17-14-11-8-2/h11,14,17,20,23,26,28-31,34,37,40,43,53,56,62-63H,7-10,12-13,15-16,18-19,21-22,24-25,27,32-33,35-36,38-39,41-42,44-52,54-55,57-61H2,1-6H3,(H-,66,68,70,71)/b14-11-,20-17+,26-23+,30-28+,31-29-,37-34+,43-40+,56-53+. The largest absolute Gasteiger partial charge is 0.756 e. The van der Waals surface area contributed by atoms with Crippen LogP contribution in [0.25, 0.3) is 0 Å². The molecule has 9 nitrogen and oxygen atoms in total. The van der Waals surface area contributed by atoms with Crippen molar-refractivity contribution >= 4 is 19.7 Å². The zero-order valence-electron chi connectivity index (χ0n) is 49.2. The van der Waals surface area contributed by atoms with Crippen molar-refractivity contribution in [3.63, 3.8) is 0 Å². The lowest BCUT2D eigenvalue weighted by Crippen LogP contribution is -2.47. The lowest BCUT2D eigenvalue weighted by Gasteiger charge is -2.30. The summed E-state index contributed by atoms with van der Waals surface area (Å²) in [7, 11) is 1.15. The average Bonchev–Trinajstić information content (AvgIpc) is 3.37. The van der Waals surface area contributed by atoms with Gasteiger partial charge in [0.2, 0.25) is 5.91 Å². The van der Waals surface area contributed by atoms with Crippen molar-refractivity contribution in [3.05, 3.63) is 97.2 Å². The van der Waals surface area contributed by atoms with Gasteiger partial charge in [-0.2, -0.15) is 0 Å². The Labute approximate surface area is 462 Å². The molecule has 432 valence electrons. The number of hydrogen-bond donors (Lipinski definition) is 1. The fourth-order valence-electron chi connectivity index (χ4n) is 8.43. The molecule has 0 heterocycles. The fourth-order valence-corrected chi connectivity index (χ4v) is 9.15. The summed E-state index contributed by atoms with van der Waals surface area (Å²) in [6.45, 7) is 6.66. The highest BCUT2D eigenvalue weighted by Crippen LogP contribution is 2.38. The maximum absolute atomic E-state index is 13.5. The molecule has 0 aliphatic carbocycles. The number of amides is 1. The van der Waals surface area contributed by atoms with E-state index in [4.69, 9.17) is 13.8 Å². The SMILES string of the molecule is CC\C=C/C=C/C=C/C=C\C=C\C=C\CCCCCC(=O)OC(/C=C/CCCCCCCCCCCCC)C(COP(=O)([O-])OCC[N+](C)(C)C)NC(=O)CCCCCCCCCCC/C=C/CCCCCCCC. The average molecular weight is 1070 g/mol. The number of nitrogens with one attached hydrogen (secondary N) is 1. The van der Waals surface area contributed by atoms with E-state index in [-0.39, 0.29) is 24.9 Å². The smallest absolute Gasteiger partial charge is 0.306 e. The van der Waals surface area contributed by atoms with Gasteiger partial charge in [-0.25, -0.2) is 0 Å². The van der Waals surface area contributed by atoms with Crippen LogP contribution in [0.3, 0.4) is 0 Å². The van der Waals surface area contributed by atoms with Crippen molar-refractivity contribution in [2.75, 3.05) is 40.9 Å². The molecule has 0 aromatic rings. The van der Waals surface area contributed by atoms with Crippen LogP contribution in [0, 0.1) is 0 Å². The number of phosphoric acid groups is 1. The van der Waals surface area contributed by atoms with E-state index in [1.165, 1.54) is 141 Å². The molecular formula is C65H115N2O7P. The van der Waals surface area contributed by atoms with Crippen LogP contribution in [0.15, 0.2) is 97.2 Å². The summed E-state index contributed by atoms with van der Waals surface area (Å²) < 4.78 is 30.3. The molecule has 0 aromatic carbocycles. The van der Waals surface area contributed by atoms with E-state index in [0.717, 1.165) is 70.6 Å². The Morgan fingerprint density at radius 1 is 0.480 bits per heavy atom. The number of ether oxygens (including phenoxy) is 1. The van der Waals surface area contributed by atoms with Gasteiger partial charge in [0.25, 0.3) is 7.82 Å². The van der Waals surface area contributed by atoms with Gasteiger partial charge in [-0.3, -0.25) is 14.2 Å². The number of likely N-dealkylation sites (N-methyl/N-ethyl adjacent to an activating group) is 1. The van der Waals surface area contributed by atoms with Crippen LogP contribution in [0.4, 0.5) is 0 Å². The number of esters is 1.